The molecule has 9 heteroatoms. The number of carbonyl (C=O) groups excluding carboxylic acids is 2. The number of aliphatic imine (C=N–C) groups is 1. The number of carboxylic acid groups (broad SMARTS) is 1. The van der Waals surface area contributed by atoms with E-state index in [0.29, 0.717) is 16.5 Å². The Hall–Kier alpha value is -3.52. The quantitative estimate of drug-likeness (QED) is 0.252. The van der Waals surface area contributed by atoms with Crippen LogP contribution in [-0.4, -0.2) is 49.1 Å². The average Bonchev–Trinajstić information content (AvgIpc) is 3.18. The number of fused-ring (bicyclic) bond motifs is 1. The molecular formula is C37H45Cl2N3O4. The van der Waals surface area contributed by atoms with Crippen molar-refractivity contribution < 1.29 is 19.5 Å². The number of hydrogen-bond acceptors (Lipinski definition) is 5. The molecule has 0 saturated heterocycles. The van der Waals surface area contributed by atoms with Crippen LogP contribution in [0.3, 0.4) is 0 Å². The third-order valence-electron chi connectivity index (χ3n) is 8.43. The highest BCUT2D eigenvalue weighted by atomic mass is 35.5. The number of benzodiazepines with no additional fused rings is 1. The number of hydrogen-bond donors (Lipinski definition) is 2. The molecule has 1 saturated carbocycles. The van der Waals surface area contributed by atoms with Gasteiger partial charge in [0.25, 0.3) is 0 Å². The highest BCUT2D eigenvalue weighted by Gasteiger charge is 2.41. The van der Waals surface area contributed by atoms with E-state index < -0.39 is 11.5 Å². The average molecular weight is 667 g/mol. The van der Waals surface area contributed by atoms with E-state index in [0.717, 1.165) is 73.0 Å². The van der Waals surface area contributed by atoms with Crippen molar-refractivity contribution in [3.05, 3.63) is 99.5 Å². The number of halogens is 2. The Morgan fingerprint density at radius 3 is 2.22 bits per heavy atom. The van der Waals surface area contributed by atoms with Crippen LogP contribution in [0.15, 0.2) is 77.8 Å². The number of nitrogens with zero attached hydrogens (tertiary/aromatic N) is 2. The summed E-state index contributed by atoms with van der Waals surface area (Å²) < 4.78 is 0. The number of amides is 1. The van der Waals surface area contributed by atoms with E-state index in [9.17, 15) is 14.4 Å². The Balaban J connectivity index is 0.000000200. The Kier molecular flexibility index (Phi) is 14.4. The van der Waals surface area contributed by atoms with Crippen LogP contribution in [0.1, 0.15) is 81.9 Å². The van der Waals surface area contributed by atoms with Crippen LogP contribution in [0.25, 0.3) is 0 Å². The maximum atomic E-state index is 12.2. The fourth-order valence-electron chi connectivity index (χ4n) is 5.91. The second-order valence-electron chi connectivity index (χ2n) is 11.5. The van der Waals surface area contributed by atoms with Gasteiger partial charge in [0.1, 0.15) is 12.1 Å². The summed E-state index contributed by atoms with van der Waals surface area (Å²) in [6.45, 7) is 4.18. The summed E-state index contributed by atoms with van der Waals surface area (Å²) in [5.41, 5.74) is 3.87. The van der Waals surface area contributed by atoms with Crippen LogP contribution in [0.5, 0.6) is 0 Å². The number of ketones is 1. The largest absolute Gasteiger partial charge is 0.481 e. The first-order valence-corrected chi connectivity index (χ1v) is 16.7. The van der Waals surface area contributed by atoms with Gasteiger partial charge >= 0.3 is 5.97 Å². The van der Waals surface area contributed by atoms with Gasteiger partial charge in [-0.2, -0.15) is 0 Å². The lowest BCUT2D eigenvalue weighted by Gasteiger charge is -2.36. The fourth-order valence-corrected chi connectivity index (χ4v) is 6.38. The molecule has 2 N–H and O–H groups in total. The minimum Gasteiger partial charge on any atom is -0.481 e. The molecule has 1 fully saturated rings. The summed E-state index contributed by atoms with van der Waals surface area (Å²) in [5, 5.41) is 13.1. The third kappa shape index (κ3) is 9.27. The van der Waals surface area contributed by atoms with Gasteiger partial charge in [-0.1, -0.05) is 105 Å². The van der Waals surface area contributed by atoms with Crippen molar-refractivity contribution in [2.75, 3.05) is 25.5 Å². The van der Waals surface area contributed by atoms with E-state index >= 15 is 0 Å². The minimum absolute atomic E-state index is 0.0282. The van der Waals surface area contributed by atoms with Gasteiger partial charge in [0, 0.05) is 34.6 Å². The summed E-state index contributed by atoms with van der Waals surface area (Å²) in [4.78, 5) is 40.8. The Morgan fingerprint density at radius 2 is 1.63 bits per heavy atom. The number of carbonyl (C=O) groups is 3. The van der Waals surface area contributed by atoms with Crippen LogP contribution >= 0.6 is 23.2 Å². The number of rotatable bonds is 8. The standard InChI is InChI=1S/C16H13ClN2O.C13H16ClNO.C8H16O2/c1-19-14-8-7-12(17)9-13(14)16(18-10-15(19)20)11-5-3-2-4-6-11;1-15-13(9-5-4-8-12(13)16)10-6-2-3-7-11(10)14;1-3-5-7(6-4-2)8(9)10/h2-9H,10H2,1H3;2-3,6-7,15H,4-5,8-9H2,1H3;7H,3-6H2,1-2H3,(H,9,10). The van der Waals surface area contributed by atoms with Crippen molar-refractivity contribution in [2.45, 2.75) is 70.8 Å². The first kappa shape index (κ1) is 36.9. The van der Waals surface area contributed by atoms with Crippen molar-refractivity contribution in [3.8, 4) is 0 Å². The summed E-state index contributed by atoms with van der Waals surface area (Å²) in [6, 6.07) is 23.0. The van der Waals surface area contributed by atoms with Crippen molar-refractivity contribution in [1.82, 2.24) is 5.32 Å². The number of likely N-dealkylation sites (N-methyl/N-ethyl adjacent to an activating group) is 2. The molecule has 2 aliphatic rings. The van der Waals surface area contributed by atoms with Gasteiger partial charge in [0.05, 0.1) is 17.3 Å². The molecule has 246 valence electrons. The second-order valence-corrected chi connectivity index (χ2v) is 12.4. The molecule has 5 rings (SSSR count). The monoisotopic (exact) mass is 665 g/mol. The number of carboxylic acids is 1. The van der Waals surface area contributed by atoms with Crippen LogP contribution in [0.2, 0.25) is 10.0 Å². The molecule has 0 aromatic heterocycles. The van der Waals surface area contributed by atoms with Crippen LogP contribution in [-0.2, 0) is 19.9 Å². The molecule has 1 amide bonds. The number of Topliss-reactive ketones (excluding diaryl/α,β-unsaturated/α-hetero) is 1. The van der Waals surface area contributed by atoms with E-state index in [2.05, 4.69) is 10.3 Å². The number of anilines is 1. The summed E-state index contributed by atoms with van der Waals surface area (Å²) >= 11 is 12.3. The number of benzene rings is 3. The molecule has 0 radical (unpaired) electrons. The lowest BCUT2D eigenvalue weighted by Crippen LogP contribution is -2.49. The number of nitrogens with one attached hydrogen (secondary N) is 1. The van der Waals surface area contributed by atoms with Crippen molar-refractivity contribution in [2.24, 2.45) is 10.9 Å². The van der Waals surface area contributed by atoms with Gasteiger partial charge in [-0.3, -0.25) is 19.4 Å². The zero-order valence-corrected chi connectivity index (χ0v) is 28.7. The lowest BCUT2D eigenvalue weighted by molar-refractivity contribution is -0.142. The summed E-state index contributed by atoms with van der Waals surface area (Å²) in [5.74, 6) is -0.507. The smallest absolute Gasteiger partial charge is 0.306 e. The normalized spacial score (nSPS) is 17.5. The maximum Gasteiger partial charge on any atom is 0.306 e. The predicted octanol–water partition coefficient (Wildman–Crippen LogP) is 8.34. The van der Waals surface area contributed by atoms with Gasteiger partial charge in [-0.15, -0.1) is 0 Å². The van der Waals surface area contributed by atoms with Crippen molar-refractivity contribution >= 4 is 52.3 Å². The van der Waals surface area contributed by atoms with Crippen LogP contribution in [0, 0.1) is 5.92 Å². The first-order valence-electron chi connectivity index (χ1n) is 16.0. The molecule has 46 heavy (non-hydrogen) atoms. The Labute approximate surface area is 283 Å². The van der Waals surface area contributed by atoms with E-state index in [-0.39, 0.29) is 24.2 Å². The van der Waals surface area contributed by atoms with Crippen LogP contribution in [0.4, 0.5) is 5.69 Å². The Bertz CT molecular complexity index is 1510. The van der Waals surface area contributed by atoms with E-state index in [4.69, 9.17) is 28.3 Å². The SMILES string of the molecule is CCCC(CCC)C(=O)O.CN1C(=O)CN=C(c2ccccc2)c2cc(Cl)ccc21.CNC1(c2ccccc2Cl)CCCCC1=O. The number of aliphatic carboxylic acids is 1. The summed E-state index contributed by atoms with van der Waals surface area (Å²) in [7, 11) is 3.60. The van der Waals surface area contributed by atoms with E-state index in [1.165, 1.54) is 0 Å². The molecule has 3 aromatic rings. The summed E-state index contributed by atoms with van der Waals surface area (Å²) in [6.07, 6.45) is 7.13. The molecule has 1 atom stereocenters. The van der Waals surface area contributed by atoms with E-state index in [1.807, 2.05) is 87.6 Å². The molecule has 3 aromatic carbocycles. The van der Waals surface area contributed by atoms with Gasteiger partial charge in [-0.25, -0.2) is 0 Å². The van der Waals surface area contributed by atoms with Gasteiger partial charge < -0.3 is 15.3 Å². The second kappa shape index (κ2) is 18.0. The maximum absolute atomic E-state index is 12.2. The van der Waals surface area contributed by atoms with Crippen molar-refractivity contribution in [1.29, 1.82) is 0 Å². The Morgan fingerprint density at radius 1 is 0.978 bits per heavy atom. The highest BCUT2D eigenvalue weighted by molar-refractivity contribution is 6.32. The molecule has 1 aliphatic heterocycles. The molecule has 0 spiro atoms. The molecule has 1 heterocycles. The first-order chi connectivity index (χ1) is 22.1. The molecule has 1 unspecified atom stereocenters. The third-order valence-corrected chi connectivity index (χ3v) is 9.00. The zero-order chi connectivity index (χ0) is 33.7. The van der Waals surface area contributed by atoms with Crippen LogP contribution < -0.4 is 10.2 Å². The van der Waals surface area contributed by atoms with Gasteiger partial charge in [-0.05, 0) is 62.6 Å². The molecule has 7 nitrogen and oxygen atoms in total. The van der Waals surface area contributed by atoms with Gasteiger partial charge in [0.2, 0.25) is 5.91 Å². The fraction of sp³-hybridized carbons (Fsp3) is 0.405. The van der Waals surface area contributed by atoms with Gasteiger partial charge in [0.15, 0.2) is 5.78 Å². The predicted molar refractivity (Wildman–Crippen MR) is 188 cm³/mol. The molecule has 1 aliphatic carbocycles. The van der Waals surface area contributed by atoms with E-state index in [1.54, 1.807) is 18.0 Å². The zero-order valence-electron chi connectivity index (χ0n) is 27.2. The van der Waals surface area contributed by atoms with Crippen molar-refractivity contribution in [3.63, 3.8) is 0 Å². The molecule has 0 bridgehead atoms. The topological polar surface area (TPSA) is 99.1 Å². The molecular weight excluding hydrogens is 621 g/mol. The highest BCUT2D eigenvalue weighted by Crippen LogP contribution is 2.37. The minimum atomic E-state index is -0.635. The lowest BCUT2D eigenvalue weighted by atomic mass is 9.75.